The van der Waals surface area contributed by atoms with Crippen LogP contribution in [0.15, 0.2) is 29.8 Å². The van der Waals surface area contributed by atoms with Gasteiger partial charge in [0.15, 0.2) is 0 Å². The molecule has 1 aromatic rings. The Morgan fingerprint density at radius 2 is 1.93 bits per heavy atom. The summed E-state index contributed by atoms with van der Waals surface area (Å²) in [4.78, 5) is 0. The summed E-state index contributed by atoms with van der Waals surface area (Å²) in [7, 11) is 1.92. The van der Waals surface area contributed by atoms with Gasteiger partial charge in [-0.25, -0.2) is 4.39 Å². The smallest absolute Gasteiger partial charge is 0.123 e. The minimum Gasteiger partial charge on any atom is -0.314 e. The van der Waals surface area contributed by atoms with Crippen LogP contribution < -0.4 is 5.32 Å². The summed E-state index contributed by atoms with van der Waals surface area (Å²) < 4.78 is 12.6. The van der Waals surface area contributed by atoms with Crippen molar-refractivity contribution in [3.8, 4) is 0 Å². The lowest BCUT2D eigenvalue weighted by molar-refractivity contribution is 0.627. The normalized spacial score (nSPS) is 14.1. The molecule has 0 aliphatic carbocycles. The summed E-state index contributed by atoms with van der Waals surface area (Å²) in [5, 5.41) is 3.15. The number of hydrogen-bond donors (Lipinski definition) is 1. The molecule has 0 saturated carbocycles. The highest BCUT2D eigenvalue weighted by atomic mass is 19.1. The molecule has 0 saturated heterocycles. The zero-order valence-corrected chi connectivity index (χ0v) is 8.84. The van der Waals surface area contributed by atoms with Crippen molar-refractivity contribution < 1.29 is 4.39 Å². The van der Waals surface area contributed by atoms with E-state index in [1.807, 2.05) is 7.05 Å². The van der Waals surface area contributed by atoms with Gasteiger partial charge in [0.2, 0.25) is 0 Å². The lowest BCUT2D eigenvalue weighted by atomic mass is 10.1. The molecule has 1 aromatic carbocycles. The van der Waals surface area contributed by atoms with E-state index in [4.69, 9.17) is 0 Å². The zero-order chi connectivity index (χ0) is 10.6. The van der Waals surface area contributed by atoms with Gasteiger partial charge in [0.05, 0.1) is 0 Å². The Bertz CT molecular complexity index is 314. The largest absolute Gasteiger partial charge is 0.314 e. The zero-order valence-electron chi connectivity index (χ0n) is 8.84. The molecule has 0 heterocycles. The van der Waals surface area contributed by atoms with Crippen LogP contribution >= 0.6 is 0 Å². The number of likely N-dealkylation sites (N-methyl/N-ethyl adjacent to an activating group) is 1. The summed E-state index contributed by atoms with van der Waals surface area (Å²) in [5.74, 6) is -0.193. The van der Waals surface area contributed by atoms with Gasteiger partial charge in [-0.15, -0.1) is 0 Å². The average Bonchev–Trinajstić information content (AvgIpc) is 2.20. The molecule has 2 heteroatoms. The van der Waals surface area contributed by atoms with Gasteiger partial charge in [0.1, 0.15) is 5.82 Å². The van der Waals surface area contributed by atoms with Crippen molar-refractivity contribution >= 4 is 6.08 Å². The van der Waals surface area contributed by atoms with Gasteiger partial charge in [0.25, 0.3) is 0 Å². The van der Waals surface area contributed by atoms with E-state index < -0.39 is 0 Å². The number of benzene rings is 1. The first-order valence-electron chi connectivity index (χ1n) is 4.74. The average molecular weight is 193 g/mol. The second kappa shape index (κ2) is 4.91. The van der Waals surface area contributed by atoms with Crippen LogP contribution in [0, 0.1) is 5.82 Å². The van der Waals surface area contributed by atoms with E-state index in [0.29, 0.717) is 6.04 Å². The summed E-state index contributed by atoms with van der Waals surface area (Å²) in [6, 6.07) is 6.86. The highest BCUT2D eigenvalue weighted by Crippen LogP contribution is 2.10. The van der Waals surface area contributed by atoms with Crippen LogP contribution in [0.4, 0.5) is 4.39 Å². The molecule has 14 heavy (non-hydrogen) atoms. The van der Waals surface area contributed by atoms with Gasteiger partial charge >= 0.3 is 0 Å². The molecule has 1 N–H and O–H groups in total. The maximum absolute atomic E-state index is 12.6. The molecule has 0 amide bonds. The SMILES string of the molecule is CNC(C)/C(C)=C/c1ccc(F)cc1. The lowest BCUT2D eigenvalue weighted by Crippen LogP contribution is -2.21. The van der Waals surface area contributed by atoms with Crippen molar-refractivity contribution in [2.24, 2.45) is 0 Å². The molecule has 0 fully saturated rings. The van der Waals surface area contributed by atoms with Crippen LogP contribution in [-0.2, 0) is 0 Å². The summed E-state index contributed by atoms with van der Waals surface area (Å²) in [5.41, 5.74) is 2.27. The predicted molar refractivity (Wildman–Crippen MR) is 58.6 cm³/mol. The van der Waals surface area contributed by atoms with Crippen LogP contribution in [0.1, 0.15) is 19.4 Å². The number of halogens is 1. The third kappa shape index (κ3) is 2.96. The first-order chi connectivity index (χ1) is 6.63. The molecular formula is C12H16FN. The summed E-state index contributed by atoms with van der Waals surface area (Å²) in [6.07, 6.45) is 2.06. The molecule has 1 unspecified atom stereocenters. The van der Waals surface area contributed by atoms with Crippen LogP contribution in [-0.4, -0.2) is 13.1 Å². The maximum atomic E-state index is 12.6. The van der Waals surface area contributed by atoms with E-state index in [9.17, 15) is 4.39 Å². The minimum absolute atomic E-state index is 0.193. The molecule has 0 aliphatic rings. The van der Waals surface area contributed by atoms with Crippen molar-refractivity contribution in [1.82, 2.24) is 5.32 Å². The molecule has 1 rings (SSSR count). The minimum atomic E-state index is -0.193. The number of rotatable bonds is 3. The molecular weight excluding hydrogens is 177 g/mol. The van der Waals surface area contributed by atoms with Gasteiger partial charge in [-0.2, -0.15) is 0 Å². The Morgan fingerprint density at radius 3 is 2.43 bits per heavy atom. The quantitative estimate of drug-likeness (QED) is 0.778. The van der Waals surface area contributed by atoms with Crippen molar-refractivity contribution in [2.75, 3.05) is 7.05 Å². The van der Waals surface area contributed by atoms with E-state index in [-0.39, 0.29) is 5.82 Å². The molecule has 1 nitrogen and oxygen atoms in total. The Kier molecular flexibility index (Phi) is 3.84. The second-order valence-electron chi connectivity index (χ2n) is 3.45. The molecule has 0 radical (unpaired) electrons. The van der Waals surface area contributed by atoms with E-state index >= 15 is 0 Å². The fraction of sp³-hybridized carbons (Fsp3) is 0.333. The second-order valence-corrected chi connectivity index (χ2v) is 3.45. The standard InChI is InChI=1S/C12H16FN/c1-9(10(2)14-3)8-11-4-6-12(13)7-5-11/h4-8,10,14H,1-3H3/b9-8+. The van der Waals surface area contributed by atoms with Gasteiger partial charge in [-0.05, 0) is 38.6 Å². The molecule has 0 spiro atoms. The Balaban J connectivity index is 2.81. The van der Waals surface area contributed by atoms with E-state index in [0.717, 1.165) is 5.56 Å². The van der Waals surface area contributed by atoms with Crippen molar-refractivity contribution in [1.29, 1.82) is 0 Å². The molecule has 76 valence electrons. The lowest BCUT2D eigenvalue weighted by Gasteiger charge is -2.10. The Morgan fingerprint density at radius 1 is 1.36 bits per heavy atom. The van der Waals surface area contributed by atoms with Crippen LogP contribution in [0.25, 0.3) is 6.08 Å². The summed E-state index contributed by atoms with van der Waals surface area (Å²) >= 11 is 0. The van der Waals surface area contributed by atoms with E-state index in [1.54, 1.807) is 12.1 Å². The Hall–Kier alpha value is -1.15. The monoisotopic (exact) mass is 193 g/mol. The van der Waals surface area contributed by atoms with Gasteiger partial charge in [0, 0.05) is 6.04 Å². The highest BCUT2D eigenvalue weighted by molar-refractivity contribution is 5.53. The fourth-order valence-electron chi connectivity index (χ4n) is 1.17. The van der Waals surface area contributed by atoms with Gasteiger partial charge in [-0.3, -0.25) is 0 Å². The van der Waals surface area contributed by atoms with Crippen molar-refractivity contribution in [3.05, 3.63) is 41.2 Å². The fourth-order valence-corrected chi connectivity index (χ4v) is 1.17. The van der Waals surface area contributed by atoms with Gasteiger partial charge < -0.3 is 5.32 Å². The first-order valence-corrected chi connectivity index (χ1v) is 4.74. The topological polar surface area (TPSA) is 12.0 Å². The van der Waals surface area contributed by atoms with E-state index in [2.05, 4.69) is 25.2 Å². The first kappa shape index (κ1) is 10.9. The van der Waals surface area contributed by atoms with Crippen LogP contribution in [0.5, 0.6) is 0 Å². The molecule has 1 atom stereocenters. The third-order valence-corrected chi connectivity index (χ3v) is 2.38. The summed E-state index contributed by atoms with van der Waals surface area (Å²) in [6.45, 7) is 4.15. The predicted octanol–water partition coefficient (Wildman–Crippen LogP) is 2.84. The van der Waals surface area contributed by atoms with Crippen molar-refractivity contribution in [2.45, 2.75) is 19.9 Å². The third-order valence-electron chi connectivity index (χ3n) is 2.38. The number of hydrogen-bond acceptors (Lipinski definition) is 1. The van der Waals surface area contributed by atoms with Gasteiger partial charge in [-0.1, -0.05) is 23.8 Å². The Labute approximate surface area is 84.6 Å². The highest BCUT2D eigenvalue weighted by Gasteiger charge is 1.99. The maximum Gasteiger partial charge on any atom is 0.123 e. The number of nitrogens with one attached hydrogen (secondary N) is 1. The molecule has 0 aromatic heterocycles. The van der Waals surface area contributed by atoms with Crippen molar-refractivity contribution in [3.63, 3.8) is 0 Å². The van der Waals surface area contributed by atoms with Crippen LogP contribution in [0.3, 0.4) is 0 Å². The van der Waals surface area contributed by atoms with Crippen LogP contribution in [0.2, 0.25) is 0 Å². The molecule has 0 aliphatic heterocycles. The molecule has 0 bridgehead atoms. The van der Waals surface area contributed by atoms with E-state index in [1.165, 1.54) is 17.7 Å².